The molecule has 1 saturated carbocycles. The number of anilines is 1. The minimum atomic E-state index is -0.0931. The third kappa shape index (κ3) is 4.43. The standard InChI is InChI=1S/C16H21NO2/c1-12(2)11-16(18)17-13-7-9-15(10-8-13)19-14-5-3-4-6-14/h7-11,14H,3-6H2,1-2H3,(H,17,18). The van der Waals surface area contributed by atoms with E-state index < -0.39 is 0 Å². The topological polar surface area (TPSA) is 38.3 Å². The summed E-state index contributed by atoms with van der Waals surface area (Å²) in [6, 6.07) is 7.58. The van der Waals surface area contributed by atoms with Gasteiger partial charge in [-0.25, -0.2) is 0 Å². The number of allylic oxidation sites excluding steroid dienone is 1. The van der Waals surface area contributed by atoms with E-state index in [-0.39, 0.29) is 5.91 Å². The molecule has 3 nitrogen and oxygen atoms in total. The van der Waals surface area contributed by atoms with E-state index in [0.717, 1.165) is 29.9 Å². The Bertz CT molecular complexity index is 452. The first-order valence-corrected chi connectivity index (χ1v) is 6.86. The van der Waals surface area contributed by atoms with Crippen molar-refractivity contribution >= 4 is 11.6 Å². The maximum Gasteiger partial charge on any atom is 0.248 e. The van der Waals surface area contributed by atoms with Gasteiger partial charge in [0.25, 0.3) is 0 Å². The zero-order valence-corrected chi connectivity index (χ0v) is 11.6. The molecule has 0 aliphatic heterocycles. The van der Waals surface area contributed by atoms with Gasteiger partial charge in [-0.05, 0) is 63.8 Å². The molecule has 0 heterocycles. The number of amides is 1. The van der Waals surface area contributed by atoms with Crippen LogP contribution in [0.15, 0.2) is 35.9 Å². The Morgan fingerprint density at radius 1 is 1.21 bits per heavy atom. The predicted octanol–water partition coefficient (Wildman–Crippen LogP) is 3.91. The van der Waals surface area contributed by atoms with Gasteiger partial charge in [0.15, 0.2) is 0 Å². The number of carbonyl (C=O) groups is 1. The van der Waals surface area contributed by atoms with E-state index in [0.29, 0.717) is 6.10 Å². The zero-order chi connectivity index (χ0) is 13.7. The van der Waals surface area contributed by atoms with E-state index in [1.165, 1.54) is 12.8 Å². The van der Waals surface area contributed by atoms with Crippen LogP contribution in [-0.4, -0.2) is 12.0 Å². The number of nitrogens with one attached hydrogen (secondary N) is 1. The first-order chi connectivity index (χ1) is 9.13. The summed E-state index contributed by atoms with van der Waals surface area (Å²) < 4.78 is 5.88. The molecule has 1 fully saturated rings. The van der Waals surface area contributed by atoms with E-state index in [1.54, 1.807) is 6.08 Å². The summed E-state index contributed by atoms with van der Waals surface area (Å²) in [5.74, 6) is 0.788. The van der Waals surface area contributed by atoms with Crippen molar-refractivity contribution in [2.24, 2.45) is 0 Å². The lowest BCUT2D eigenvalue weighted by molar-refractivity contribution is -0.111. The molecule has 0 atom stereocenters. The van der Waals surface area contributed by atoms with Gasteiger partial charge in [0, 0.05) is 11.8 Å². The summed E-state index contributed by atoms with van der Waals surface area (Å²) in [5, 5.41) is 2.82. The third-order valence-corrected chi connectivity index (χ3v) is 3.15. The van der Waals surface area contributed by atoms with Crippen molar-refractivity contribution in [2.45, 2.75) is 45.6 Å². The second-order valence-corrected chi connectivity index (χ2v) is 5.26. The number of hydrogen-bond donors (Lipinski definition) is 1. The third-order valence-electron chi connectivity index (χ3n) is 3.15. The smallest absolute Gasteiger partial charge is 0.248 e. The lowest BCUT2D eigenvalue weighted by atomic mass is 10.2. The second-order valence-electron chi connectivity index (χ2n) is 5.26. The second kappa shape index (κ2) is 6.41. The van der Waals surface area contributed by atoms with Gasteiger partial charge in [0.2, 0.25) is 5.91 Å². The van der Waals surface area contributed by atoms with Gasteiger partial charge in [0.05, 0.1) is 6.10 Å². The monoisotopic (exact) mass is 259 g/mol. The number of rotatable bonds is 4. The Morgan fingerprint density at radius 3 is 2.42 bits per heavy atom. The highest BCUT2D eigenvalue weighted by atomic mass is 16.5. The molecule has 3 heteroatoms. The van der Waals surface area contributed by atoms with Crippen molar-refractivity contribution < 1.29 is 9.53 Å². The normalized spacial score (nSPS) is 15.1. The molecule has 0 saturated heterocycles. The molecule has 0 spiro atoms. The van der Waals surface area contributed by atoms with Gasteiger partial charge >= 0.3 is 0 Å². The fourth-order valence-corrected chi connectivity index (χ4v) is 2.26. The largest absolute Gasteiger partial charge is 0.490 e. The highest BCUT2D eigenvalue weighted by molar-refractivity contribution is 5.99. The number of carbonyl (C=O) groups excluding carboxylic acids is 1. The summed E-state index contributed by atoms with van der Waals surface area (Å²) >= 11 is 0. The lowest BCUT2D eigenvalue weighted by Gasteiger charge is -2.13. The van der Waals surface area contributed by atoms with Crippen LogP contribution < -0.4 is 10.1 Å². The molecule has 1 amide bonds. The van der Waals surface area contributed by atoms with Crippen LogP contribution in [0.25, 0.3) is 0 Å². The Kier molecular flexibility index (Phi) is 4.61. The van der Waals surface area contributed by atoms with Crippen LogP contribution in [0.3, 0.4) is 0 Å². The molecule has 1 aliphatic carbocycles. The Balaban J connectivity index is 1.90. The van der Waals surface area contributed by atoms with Crippen LogP contribution in [0.5, 0.6) is 5.75 Å². The maximum absolute atomic E-state index is 11.6. The molecule has 19 heavy (non-hydrogen) atoms. The molecule has 1 N–H and O–H groups in total. The molecule has 2 rings (SSSR count). The van der Waals surface area contributed by atoms with Crippen molar-refractivity contribution in [3.8, 4) is 5.75 Å². The van der Waals surface area contributed by atoms with Crippen LogP contribution in [0.1, 0.15) is 39.5 Å². The quantitative estimate of drug-likeness (QED) is 0.832. The van der Waals surface area contributed by atoms with Crippen LogP contribution in [0.4, 0.5) is 5.69 Å². The highest BCUT2D eigenvalue weighted by Gasteiger charge is 2.16. The number of benzene rings is 1. The van der Waals surface area contributed by atoms with Gasteiger partial charge in [-0.15, -0.1) is 0 Å². The van der Waals surface area contributed by atoms with Gasteiger partial charge in [0.1, 0.15) is 5.75 Å². The van der Waals surface area contributed by atoms with E-state index >= 15 is 0 Å². The first-order valence-electron chi connectivity index (χ1n) is 6.86. The number of hydrogen-bond acceptors (Lipinski definition) is 2. The minimum Gasteiger partial charge on any atom is -0.490 e. The summed E-state index contributed by atoms with van der Waals surface area (Å²) in [7, 11) is 0. The SMILES string of the molecule is CC(C)=CC(=O)Nc1ccc(OC2CCCC2)cc1. The van der Waals surface area contributed by atoms with Crippen LogP contribution >= 0.6 is 0 Å². The summed E-state index contributed by atoms with van der Waals surface area (Å²) in [4.78, 5) is 11.6. The molecule has 0 radical (unpaired) electrons. The molecule has 1 aliphatic rings. The lowest BCUT2D eigenvalue weighted by Crippen LogP contribution is -2.11. The Hall–Kier alpha value is -1.77. The van der Waals surface area contributed by atoms with E-state index in [4.69, 9.17) is 4.74 Å². The van der Waals surface area contributed by atoms with Crippen molar-refractivity contribution in [2.75, 3.05) is 5.32 Å². The van der Waals surface area contributed by atoms with Crippen LogP contribution in [0, 0.1) is 0 Å². The van der Waals surface area contributed by atoms with E-state index in [2.05, 4.69) is 5.32 Å². The number of ether oxygens (including phenoxy) is 1. The molecule has 0 aromatic heterocycles. The fraction of sp³-hybridized carbons (Fsp3) is 0.438. The van der Waals surface area contributed by atoms with Crippen LogP contribution in [0.2, 0.25) is 0 Å². The fourth-order valence-electron chi connectivity index (χ4n) is 2.26. The minimum absolute atomic E-state index is 0.0931. The maximum atomic E-state index is 11.6. The van der Waals surface area contributed by atoms with Crippen LogP contribution in [-0.2, 0) is 4.79 Å². The molecular formula is C16H21NO2. The average molecular weight is 259 g/mol. The highest BCUT2D eigenvalue weighted by Crippen LogP contribution is 2.24. The summed E-state index contributed by atoms with van der Waals surface area (Å²) in [5.41, 5.74) is 1.78. The average Bonchev–Trinajstić information content (AvgIpc) is 2.83. The predicted molar refractivity (Wildman–Crippen MR) is 77.4 cm³/mol. The molecular weight excluding hydrogens is 238 g/mol. The first kappa shape index (κ1) is 13.7. The van der Waals surface area contributed by atoms with E-state index in [1.807, 2.05) is 38.1 Å². The zero-order valence-electron chi connectivity index (χ0n) is 11.6. The van der Waals surface area contributed by atoms with Gasteiger partial charge in [-0.1, -0.05) is 5.57 Å². The van der Waals surface area contributed by atoms with Gasteiger partial charge in [-0.3, -0.25) is 4.79 Å². The summed E-state index contributed by atoms with van der Waals surface area (Å²) in [6.07, 6.45) is 6.79. The van der Waals surface area contributed by atoms with Gasteiger partial charge in [-0.2, -0.15) is 0 Å². The molecule has 1 aromatic rings. The summed E-state index contributed by atoms with van der Waals surface area (Å²) in [6.45, 7) is 3.80. The molecule has 1 aromatic carbocycles. The Labute approximate surface area is 114 Å². The Morgan fingerprint density at radius 2 is 1.84 bits per heavy atom. The molecule has 102 valence electrons. The van der Waals surface area contributed by atoms with Gasteiger partial charge < -0.3 is 10.1 Å². The van der Waals surface area contributed by atoms with E-state index in [9.17, 15) is 4.79 Å². The van der Waals surface area contributed by atoms with Crippen molar-refractivity contribution in [1.29, 1.82) is 0 Å². The van der Waals surface area contributed by atoms with Crippen molar-refractivity contribution in [3.63, 3.8) is 0 Å². The molecule has 0 unspecified atom stereocenters. The van der Waals surface area contributed by atoms with Crippen molar-refractivity contribution in [1.82, 2.24) is 0 Å². The van der Waals surface area contributed by atoms with Crippen molar-refractivity contribution in [3.05, 3.63) is 35.9 Å². The molecule has 0 bridgehead atoms.